The van der Waals surface area contributed by atoms with Crippen molar-refractivity contribution >= 4 is 17.6 Å². The molecule has 6 N–H and O–H groups in total. The molecular formula is C21H22FN7O2. The van der Waals surface area contributed by atoms with Gasteiger partial charge in [-0.1, -0.05) is 18.6 Å². The molecular weight excluding hydrogens is 401 g/mol. The normalized spacial score (nSPS) is 16.1. The van der Waals surface area contributed by atoms with Crippen LogP contribution in [0.15, 0.2) is 42.6 Å². The van der Waals surface area contributed by atoms with Gasteiger partial charge in [0.15, 0.2) is 5.69 Å². The lowest BCUT2D eigenvalue weighted by molar-refractivity contribution is 0.0991. The second-order valence-electron chi connectivity index (χ2n) is 7.29. The van der Waals surface area contributed by atoms with Gasteiger partial charge in [0, 0.05) is 23.4 Å². The summed E-state index contributed by atoms with van der Waals surface area (Å²) in [6.07, 6.45) is 4.24. The van der Waals surface area contributed by atoms with Crippen molar-refractivity contribution in [2.45, 2.75) is 25.3 Å². The molecule has 0 unspecified atom stereocenters. The lowest BCUT2D eigenvalue weighted by Crippen LogP contribution is -2.32. The summed E-state index contributed by atoms with van der Waals surface area (Å²) < 4.78 is 14.5. The lowest BCUT2D eigenvalue weighted by Gasteiger charge is -2.22. The smallest absolute Gasteiger partial charge is 0.269 e. The second kappa shape index (κ2) is 8.52. The van der Waals surface area contributed by atoms with E-state index in [2.05, 4.69) is 20.6 Å². The highest BCUT2D eigenvalue weighted by molar-refractivity contribution is 6.04. The van der Waals surface area contributed by atoms with E-state index in [1.165, 1.54) is 16.9 Å². The minimum Gasteiger partial charge on any atom is -0.364 e. The van der Waals surface area contributed by atoms with Gasteiger partial charge < -0.3 is 22.2 Å². The fourth-order valence-electron chi connectivity index (χ4n) is 3.65. The van der Waals surface area contributed by atoms with Gasteiger partial charge >= 0.3 is 0 Å². The van der Waals surface area contributed by atoms with Gasteiger partial charge in [0.2, 0.25) is 0 Å². The van der Waals surface area contributed by atoms with Crippen LogP contribution in [-0.2, 0) is 0 Å². The van der Waals surface area contributed by atoms with Crippen LogP contribution in [0.5, 0.6) is 0 Å². The van der Waals surface area contributed by atoms with Crippen molar-refractivity contribution in [1.82, 2.24) is 20.0 Å². The van der Waals surface area contributed by atoms with Crippen LogP contribution >= 0.6 is 0 Å². The Balaban J connectivity index is 1.61. The first-order chi connectivity index (χ1) is 14.9. The van der Waals surface area contributed by atoms with E-state index >= 15 is 0 Å². The number of aromatic nitrogens is 3. The third-order valence-corrected chi connectivity index (χ3v) is 5.18. The Labute approximate surface area is 177 Å². The summed E-state index contributed by atoms with van der Waals surface area (Å²) in [5.41, 5.74) is 6.95. The number of imidazole rings is 1. The third kappa shape index (κ3) is 4.24. The van der Waals surface area contributed by atoms with Crippen LogP contribution in [0.1, 0.15) is 52.0 Å². The Morgan fingerprint density at radius 2 is 1.97 bits per heavy atom. The van der Waals surface area contributed by atoms with Gasteiger partial charge in [0.05, 0.1) is 6.04 Å². The van der Waals surface area contributed by atoms with Crippen molar-refractivity contribution in [2.24, 2.45) is 5.73 Å². The van der Waals surface area contributed by atoms with Crippen molar-refractivity contribution in [3.8, 4) is 11.3 Å². The van der Waals surface area contributed by atoms with Gasteiger partial charge in [-0.3, -0.25) is 9.59 Å². The number of rotatable bonds is 5. The van der Waals surface area contributed by atoms with Gasteiger partial charge in [-0.25, -0.2) is 19.0 Å². The minimum absolute atomic E-state index is 0.0607. The molecule has 1 aliphatic rings. The Bertz CT molecular complexity index is 1120. The predicted molar refractivity (Wildman–Crippen MR) is 113 cm³/mol. The van der Waals surface area contributed by atoms with Crippen LogP contribution in [0.4, 0.5) is 10.2 Å². The first-order valence-corrected chi connectivity index (χ1v) is 9.88. The molecule has 0 bridgehead atoms. The lowest BCUT2D eigenvalue weighted by atomic mass is 10.0. The maximum Gasteiger partial charge on any atom is 0.269 e. The molecule has 3 aromatic rings. The SMILES string of the molecule is NC(=O)c1c(-c2ccc(C(=O)Nc3cc(F)ccn3)cc2)nc([C@@H]2CCCCN2)n1N. The monoisotopic (exact) mass is 423 g/mol. The number of halogens is 1. The standard InChI is InChI=1S/C21H22FN7O2/c22-14-8-10-26-16(11-14)27-21(31)13-6-4-12(5-7-13)17-18(19(23)30)29(24)20(28-17)15-3-1-2-9-25-15/h4-8,10-11,15,25H,1-3,9,24H2,(H2,23,30)(H,26,27,31)/t15-/m0/s1. The van der Waals surface area contributed by atoms with Gasteiger partial charge in [-0.2, -0.15) is 0 Å². The number of hydrogen-bond donors (Lipinski definition) is 4. The van der Waals surface area contributed by atoms with Gasteiger partial charge in [0.25, 0.3) is 11.8 Å². The summed E-state index contributed by atoms with van der Waals surface area (Å²) in [6.45, 7) is 0.850. The molecule has 1 saturated heterocycles. The highest BCUT2D eigenvalue weighted by atomic mass is 19.1. The van der Waals surface area contributed by atoms with E-state index in [-0.39, 0.29) is 17.6 Å². The molecule has 1 fully saturated rings. The first kappa shape index (κ1) is 20.5. The number of nitrogens with two attached hydrogens (primary N) is 2. The van der Waals surface area contributed by atoms with Crippen molar-refractivity contribution in [2.75, 3.05) is 17.7 Å². The number of hydrogen-bond acceptors (Lipinski definition) is 6. The number of piperidine rings is 1. The highest BCUT2D eigenvalue weighted by Crippen LogP contribution is 2.29. The molecule has 3 heterocycles. The van der Waals surface area contributed by atoms with Crippen LogP contribution in [0.3, 0.4) is 0 Å². The molecule has 9 nitrogen and oxygen atoms in total. The zero-order chi connectivity index (χ0) is 22.0. The number of anilines is 1. The Morgan fingerprint density at radius 3 is 2.61 bits per heavy atom. The molecule has 0 spiro atoms. The summed E-state index contributed by atoms with van der Waals surface area (Å²) in [5.74, 6) is 5.18. The van der Waals surface area contributed by atoms with Crippen LogP contribution in [-0.4, -0.2) is 33.0 Å². The van der Waals surface area contributed by atoms with Crippen LogP contribution in [0.25, 0.3) is 11.3 Å². The Hall–Kier alpha value is -3.79. The first-order valence-electron chi connectivity index (χ1n) is 9.88. The average molecular weight is 423 g/mol. The molecule has 1 atom stereocenters. The fraction of sp³-hybridized carbons (Fsp3) is 0.238. The summed E-state index contributed by atoms with van der Waals surface area (Å²) in [7, 11) is 0. The minimum atomic E-state index is -0.689. The molecule has 0 saturated carbocycles. The van der Waals surface area contributed by atoms with E-state index in [1.54, 1.807) is 24.3 Å². The maximum absolute atomic E-state index is 13.3. The van der Waals surface area contributed by atoms with Crippen molar-refractivity contribution < 1.29 is 14.0 Å². The maximum atomic E-state index is 13.3. The summed E-state index contributed by atoms with van der Waals surface area (Å²) in [4.78, 5) is 33.0. The number of amides is 2. The predicted octanol–water partition coefficient (Wildman–Crippen LogP) is 1.96. The van der Waals surface area contributed by atoms with Crippen molar-refractivity contribution in [3.05, 3.63) is 65.5 Å². The summed E-state index contributed by atoms with van der Waals surface area (Å²) >= 11 is 0. The van der Waals surface area contributed by atoms with E-state index in [0.29, 0.717) is 22.6 Å². The topological polar surface area (TPSA) is 141 Å². The molecule has 4 rings (SSSR count). The molecule has 1 aromatic carbocycles. The fourth-order valence-corrected chi connectivity index (χ4v) is 3.65. The molecule has 160 valence electrons. The summed E-state index contributed by atoms with van der Waals surface area (Å²) in [5, 5.41) is 5.89. The molecule has 10 heteroatoms. The molecule has 0 radical (unpaired) electrons. The van der Waals surface area contributed by atoms with E-state index < -0.39 is 17.6 Å². The second-order valence-corrected chi connectivity index (χ2v) is 7.29. The molecule has 1 aliphatic heterocycles. The summed E-state index contributed by atoms with van der Waals surface area (Å²) in [6, 6.07) is 8.70. The number of carbonyl (C=O) groups excluding carboxylic acids is 2. The zero-order valence-electron chi connectivity index (χ0n) is 16.6. The molecule has 31 heavy (non-hydrogen) atoms. The Morgan fingerprint density at radius 1 is 1.19 bits per heavy atom. The largest absolute Gasteiger partial charge is 0.364 e. The quantitative estimate of drug-likeness (QED) is 0.462. The van der Waals surface area contributed by atoms with Gasteiger partial charge in [-0.15, -0.1) is 0 Å². The zero-order valence-corrected chi connectivity index (χ0v) is 16.6. The average Bonchev–Trinajstić information content (AvgIpc) is 3.12. The molecule has 0 aliphatic carbocycles. The number of pyridine rings is 1. The highest BCUT2D eigenvalue weighted by Gasteiger charge is 2.27. The number of carbonyl (C=O) groups is 2. The van der Waals surface area contributed by atoms with Crippen LogP contribution in [0, 0.1) is 5.82 Å². The van der Waals surface area contributed by atoms with Gasteiger partial charge in [-0.05, 0) is 37.6 Å². The number of nitrogens with zero attached hydrogens (tertiary/aromatic N) is 3. The van der Waals surface area contributed by atoms with E-state index in [0.717, 1.165) is 31.9 Å². The van der Waals surface area contributed by atoms with E-state index in [4.69, 9.17) is 11.6 Å². The van der Waals surface area contributed by atoms with E-state index in [1.807, 2.05) is 0 Å². The van der Waals surface area contributed by atoms with Crippen LogP contribution in [0.2, 0.25) is 0 Å². The van der Waals surface area contributed by atoms with E-state index in [9.17, 15) is 14.0 Å². The van der Waals surface area contributed by atoms with Crippen molar-refractivity contribution in [3.63, 3.8) is 0 Å². The molecule has 2 aromatic heterocycles. The Kier molecular flexibility index (Phi) is 5.63. The number of primary amides is 1. The number of benzene rings is 1. The van der Waals surface area contributed by atoms with Crippen molar-refractivity contribution in [1.29, 1.82) is 0 Å². The number of nitrogens with one attached hydrogen (secondary N) is 2. The van der Waals surface area contributed by atoms with Gasteiger partial charge in [0.1, 0.15) is 23.2 Å². The number of nitrogen functional groups attached to an aromatic ring is 1. The third-order valence-electron chi connectivity index (χ3n) is 5.18. The molecule has 2 amide bonds. The van der Waals surface area contributed by atoms with Crippen LogP contribution < -0.4 is 22.2 Å².